The predicted molar refractivity (Wildman–Crippen MR) is 121 cm³/mol. The molecule has 0 bridgehead atoms. The van der Waals surface area contributed by atoms with Gasteiger partial charge in [0.1, 0.15) is 11.3 Å². The Morgan fingerprint density at radius 2 is 1.63 bits per heavy atom. The van der Waals surface area contributed by atoms with E-state index in [0.29, 0.717) is 18.0 Å². The molecule has 4 nitrogen and oxygen atoms in total. The van der Waals surface area contributed by atoms with E-state index in [1.807, 2.05) is 24.3 Å². The Morgan fingerprint density at radius 3 is 2.50 bits per heavy atom. The number of hydrogen-bond acceptors (Lipinski definition) is 4. The molecule has 0 saturated heterocycles. The van der Waals surface area contributed by atoms with Gasteiger partial charge in [0.2, 0.25) is 5.88 Å². The van der Waals surface area contributed by atoms with Gasteiger partial charge < -0.3 is 9.84 Å². The first-order chi connectivity index (χ1) is 14.8. The zero-order valence-corrected chi connectivity index (χ0v) is 17.2. The molecule has 1 aromatic heterocycles. The highest BCUT2D eigenvalue weighted by molar-refractivity contribution is 5.84. The Bertz CT molecular complexity index is 1050. The van der Waals surface area contributed by atoms with E-state index >= 15 is 0 Å². The van der Waals surface area contributed by atoms with Crippen LogP contribution in [0.2, 0.25) is 0 Å². The number of unbranched alkanes of at least 4 members (excludes halogenated alkanes) is 1. The topological polar surface area (TPSA) is 45.6 Å². The number of phenols is 1. The number of hydrogen-bond donors (Lipinski definition) is 1. The average Bonchev–Trinajstić information content (AvgIpc) is 2.77. The number of benzene rings is 1. The largest absolute Gasteiger partial charge is 0.506 e. The number of aromatic hydroxyl groups is 1. The van der Waals surface area contributed by atoms with Crippen molar-refractivity contribution in [1.29, 1.82) is 0 Å². The fourth-order valence-corrected chi connectivity index (χ4v) is 3.81. The van der Waals surface area contributed by atoms with Gasteiger partial charge >= 0.3 is 0 Å². The molecule has 1 aliphatic rings. The van der Waals surface area contributed by atoms with E-state index in [-0.39, 0.29) is 5.75 Å². The highest BCUT2D eigenvalue weighted by Crippen LogP contribution is 2.24. The van der Waals surface area contributed by atoms with Crippen molar-refractivity contribution in [1.82, 2.24) is 9.88 Å². The summed E-state index contributed by atoms with van der Waals surface area (Å²) in [5.74, 6) is 0.755. The number of pyridine rings is 1. The van der Waals surface area contributed by atoms with Crippen molar-refractivity contribution in [2.75, 3.05) is 19.7 Å². The van der Waals surface area contributed by atoms with Crippen LogP contribution < -0.4 is 4.74 Å². The van der Waals surface area contributed by atoms with Gasteiger partial charge in [-0.3, -0.25) is 4.90 Å². The van der Waals surface area contributed by atoms with Crippen LogP contribution in [0.15, 0.2) is 78.9 Å². The number of aromatic nitrogens is 1. The summed E-state index contributed by atoms with van der Waals surface area (Å²) < 4.78 is 5.82. The second-order valence-electron chi connectivity index (χ2n) is 7.62. The minimum atomic E-state index is 0.188. The van der Waals surface area contributed by atoms with Crippen molar-refractivity contribution in [3.8, 4) is 11.6 Å². The molecule has 1 N–H and O–H groups in total. The fourth-order valence-electron chi connectivity index (χ4n) is 3.81. The fraction of sp³-hybridized carbons (Fsp3) is 0.269. The summed E-state index contributed by atoms with van der Waals surface area (Å²) in [6, 6.07) is 26.2. The molecule has 1 aliphatic heterocycles. The van der Waals surface area contributed by atoms with Gasteiger partial charge in [-0.25, -0.2) is 4.98 Å². The Balaban J connectivity index is 1.26. The summed E-state index contributed by atoms with van der Waals surface area (Å²) in [6.45, 7) is 3.80. The van der Waals surface area contributed by atoms with Gasteiger partial charge in [-0.1, -0.05) is 60.7 Å². The number of para-hydroxylation sites is 1. The molecular formula is C26H28N2O2. The van der Waals surface area contributed by atoms with Gasteiger partial charge in [-0.15, -0.1) is 0 Å². The molecule has 0 radical (unpaired) electrons. The highest BCUT2D eigenvalue weighted by atomic mass is 16.5. The van der Waals surface area contributed by atoms with Crippen LogP contribution >= 0.6 is 0 Å². The molecule has 0 amide bonds. The normalized spacial score (nSPS) is 13.5. The quantitative estimate of drug-likeness (QED) is 0.572. The van der Waals surface area contributed by atoms with Crippen LogP contribution in [0.4, 0.5) is 0 Å². The lowest BCUT2D eigenvalue weighted by molar-refractivity contribution is 0.233. The predicted octanol–water partition coefficient (Wildman–Crippen LogP) is 5.28. The summed E-state index contributed by atoms with van der Waals surface area (Å²) >= 11 is 0. The first-order valence-corrected chi connectivity index (χ1v) is 10.6. The maximum atomic E-state index is 9.95. The highest BCUT2D eigenvalue weighted by Gasteiger charge is 2.14. The van der Waals surface area contributed by atoms with Gasteiger partial charge in [0.15, 0.2) is 0 Å². The average molecular weight is 401 g/mol. The SMILES string of the molecule is Oc1cccc2ccc(OCCCCN3CCc4ccccccccc4C3)nc12. The molecule has 0 atom stereocenters. The van der Waals surface area contributed by atoms with Crippen molar-refractivity contribution in [2.45, 2.75) is 25.8 Å². The van der Waals surface area contributed by atoms with E-state index < -0.39 is 0 Å². The Morgan fingerprint density at radius 1 is 0.833 bits per heavy atom. The number of phenolic OH excluding ortho intramolecular Hbond substituents is 1. The standard InChI is InChI=1S/C26H28N2O2/c29-24-13-9-12-22-14-15-25(27-26(22)24)30-19-8-7-17-28-18-16-21-10-5-3-1-2-4-6-11-23(21)20-28/h1-6,9-15,29H,7-8,16-20H2. The zero-order valence-electron chi connectivity index (χ0n) is 17.2. The van der Waals surface area contributed by atoms with E-state index in [1.54, 1.807) is 6.07 Å². The molecule has 0 spiro atoms. The molecule has 4 heteroatoms. The van der Waals surface area contributed by atoms with Gasteiger partial charge in [0.05, 0.1) is 6.61 Å². The van der Waals surface area contributed by atoms with Crippen LogP contribution in [-0.4, -0.2) is 34.7 Å². The molecule has 4 rings (SSSR count). The Hall–Kier alpha value is -3.11. The lowest BCUT2D eigenvalue weighted by Gasteiger charge is -2.28. The molecule has 3 aromatic rings. The third-order valence-corrected chi connectivity index (χ3v) is 5.45. The molecule has 30 heavy (non-hydrogen) atoms. The molecular weight excluding hydrogens is 372 g/mol. The van der Waals surface area contributed by atoms with Gasteiger partial charge in [0, 0.05) is 24.5 Å². The number of fused-ring (bicyclic) bond motifs is 2. The number of nitrogens with zero attached hydrogens (tertiary/aromatic N) is 2. The molecule has 0 aliphatic carbocycles. The third kappa shape index (κ3) is 5.28. The van der Waals surface area contributed by atoms with Gasteiger partial charge in [-0.2, -0.15) is 0 Å². The van der Waals surface area contributed by atoms with Crippen molar-refractivity contribution in [3.63, 3.8) is 0 Å². The van der Waals surface area contributed by atoms with Crippen LogP contribution in [-0.2, 0) is 13.0 Å². The van der Waals surface area contributed by atoms with Crippen LogP contribution in [0, 0.1) is 0 Å². The van der Waals surface area contributed by atoms with E-state index in [2.05, 4.69) is 58.4 Å². The van der Waals surface area contributed by atoms with Gasteiger partial charge in [-0.05, 0) is 49.1 Å². The van der Waals surface area contributed by atoms with Crippen LogP contribution in [0.3, 0.4) is 0 Å². The molecule has 0 unspecified atom stereocenters. The Kier molecular flexibility index (Phi) is 6.78. The summed E-state index contributed by atoms with van der Waals surface area (Å²) in [6.07, 6.45) is 3.16. The summed E-state index contributed by atoms with van der Waals surface area (Å²) in [5.41, 5.74) is 3.44. The first-order valence-electron chi connectivity index (χ1n) is 10.6. The summed E-state index contributed by atoms with van der Waals surface area (Å²) in [5, 5.41) is 10.9. The number of rotatable bonds is 6. The van der Waals surface area contributed by atoms with Crippen LogP contribution in [0.1, 0.15) is 24.0 Å². The molecule has 2 heterocycles. The van der Waals surface area contributed by atoms with E-state index in [9.17, 15) is 5.11 Å². The molecule has 2 aromatic carbocycles. The maximum absolute atomic E-state index is 9.95. The third-order valence-electron chi connectivity index (χ3n) is 5.45. The summed E-state index contributed by atoms with van der Waals surface area (Å²) in [7, 11) is 0. The van der Waals surface area contributed by atoms with E-state index in [0.717, 1.165) is 44.3 Å². The minimum absolute atomic E-state index is 0.188. The summed E-state index contributed by atoms with van der Waals surface area (Å²) in [4.78, 5) is 6.95. The van der Waals surface area contributed by atoms with Gasteiger partial charge in [0.25, 0.3) is 0 Å². The monoisotopic (exact) mass is 400 g/mol. The lowest BCUT2D eigenvalue weighted by atomic mass is 10.0. The smallest absolute Gasteiger partial charge is 0.213 e. The van der Waals surface area contributed by atoms with E-state index in [1.165, 1.54) is 11.1 Å². The van der Waals surface area contributed by atoms with Crippen molar-refractivity contribution < 1.29 is 9.84 Å². The minimum Gasteiger partial charge on any atom is -0.506 e. The van der Waals surface area contributed by atoms with Crippen molar-refractivity contribution >= 4 is 10.9 Å². The lowest BCUT2D eigenvalue weighted by Crippen LogP contribution is -2.31. The molecule has 0 fully saturated rings. The van der Waals surface area contributed by atoms with Crippen LogP contribution in [0.5, 0.6) is 11.6 Å². The van der Waals surface area contributed by atoms with Crippen molar-refractivity contribution in [3.05, 3.63) is 90.0 Å². The Labute approximate surface area is 178 Å². The number of ether oxygens (including phenoxy) is 1. The van der Waals surface area contributed by atoms with Crippen LogP contribution in [0.25, 0.3) is 10.9 Å². The second-order valence-corrected chi connectivity index (χ2v) is 7.62. The second kappa shape index (κ2) is 10.1. The molecule has 154 valence electrons. The van der Waals surface area contributed by atoms with E-state index in [4.69, 9.17) is 4.74 Å². The zero-order chi connectivity index (χ0) is 20.6. The maximum Gasteiger partial charge on any atom is 0.213 e. The molecule has 0 saturated carbocycles. The first kappa shape index (κ1) is 20.2. The van der Waals surface area contributed by atoms with Crippen molar-refractivity contribution in [2.24, 2.45) is 0 Å².